The van der Waals surface area contributed by atoms with Crippen LogP contribution in [0, 0.1) is 11.2 Å². The minimum atomic E-state index is -0.583. The molecule has 1 saturated heterocycles. The third-order valence-electron chi connectivity index (χ3n) is 2.98. The maximum atomic E-state index is 13.4. The third-order valence-corrected chi connectivity index (χ3v) is 2.98. The van der Waals surface area contributed by atoms with Gasteiger partial charge in [0.15, 0.2) is 0 Å². The van der Waals surface area contributed by atoms with Crippen molar-refractivity contribution in [3.63, 3.8) is 0 Å². The molecule has 1 heterocycles. The molecule has 4 nitrogen and oxygen atoms in total. The van der Waals surface area contributed by atoms with Gasteiger partial charge in [-0.15, -0.1) is 0 Å². The van der Waals surface area contributed by atoms with E-state index in [0.717, 1.165) is 6.21 Å². The monoisotopic (exact) mass is 260 g/mol. The molecule has 0 radical (unpaired) electrons. The van der Waals surface area contributed by atoms with Crippen LogP contribution in [0.1, 0.15) is 23.7 Å². The minimum absolute atomic E-state index is 0.311. The number of nitrogens with two attached hydrogens (primary N) is 1. The zero-order valence-corrected chi connectivity index (χ0v) is 10.2. The first-order valence-corrected chi connectivity index (χ1v) is 5.67. The molecule has 2 rings (SSSR count). The van der Waals surface area contributed by atoms with E-state index in [9.17, 15) is 9.18 Å². The zero-order chi connectivity index (χ0) is 14.0. The van der Waals surface area contributed by atoms with Gasteiger partial charge in [-0.1, -0.05) is 12.6 Å². The van der Waals surface area contributed by atoms with Crippen LogP contribution >= 0.6 is 0 Å². The summed E-state index contributed by atoms with van der Waals surface area (Å²) >= 11 is 0. The highest BCUT2D eigenvalue weighted by Crippen LogP contribution is 2.36. The van der Waals surface area contributed by atoms with E-state index in [-0.39, 0.29) is 0 Å². The number of hydrogen-bond acceptors (Lipinski definition) is 4. The number of ether oxygens (including phenoxy) is 1. The summed E-state index contributed by atoms with van der Waals surface area (Å²) in [5.74, 6) is -0.915. The van der Waals surface area contributed by atoms with Crippen molar-refractivity contribution in [3.05, 3.63) is 53.5 Å². The second kappa shape index (κ2) is 5.06. The lowest BCUT2D eigenvalue weighted by Crippen LogP contribution is -2.04. The molecule has 1 atom stereocenters. The van der Waals surface area contributed by atoms with Gasteiger partial charge in [0, 0.05) is 35.5 Å². The molecule has 0 saturated carbocycles. The second-order valence-corrected chi connectivity index (χ2v) is 4.20. The molecule has 3 N–H and O–H groups in total. The lowest BCUT2D eigenvalue weighted by molar-refractivity contribution is -0.139. The Morgan fingerprint density at radius 3 is 2.84 bits per heavy atom. The van der Waals surface area contributed by atoms with Gasteiger partial charge in [0.2, 0.25) is 0 Å². The zero-order valence-electron chi connectivity index (χ0n) is 10.2. The highest BCUT2D eigenvalue weighted by molar-refractivity contribution is 6.08. The number of carbonyl (C=O) groups is 1. The molecule has 1 aromatic rings. The van der Waals surface area contributed by atoms with Gasteiger partial charge in [0.25, 0.3) is 0 Å². The lowest BCUT2D eigenvalue weighted by atomic mass is 9.95. The Labute approximate surface area is 109 Å². The summed E-state index contributed by atoms with van der Waals surface area (Å²) in [5, 5.41) is 7.31. The Hall–Kier alpha value is -2.43. The van der Waals surface area contributed by atoms with Crippen LogP contribution in [-0.2, 0) is 9.53 Å². The number of hydrogen-bond donors (Lipinski definition) is 2. The fourth-order valence-electron chi connectivity index (χ4n) is 2.01. The van der Waals surface area contributed by atoms with Gasteiger partial charge in [-0.2, -0.15) is 0 Å². The van der Waals surface area contributed by atoms with Crippen molar-refractivity contribution in [3.8, 4) is 0 Å². The summed E-state index contributed by atoms with van der Waals surface area (Å²) in [6.45, 7) is 3.60. The van der Waals surface area contributed by atoms with E-state index in [1.807, 2.05) is 0 Å². The predicted octanol–water partition coefficient (Wildman–Crippen LogP) is 2.32. The molecule has 0 unspecified atom stereocenters. The maximum absolute atomic E-state index is 13.4. The summed E-state index contributed by atoms with van der Waals surface area (Å²) < 4.78 is 18.5. The summed E-state index contributed by atoms with van der Waals surface area (Å²) in [6, 6.07) is 4.08. The van der Waals surface area contributed by atoms with Gasteiger partial charge in [0.1, 0.15) is 11.9 Å². The molecule has 0 aromatic heterocycles. The van der Waals surface area contributed by atoms with Crippen molar-refractivity contribution >= 4 is 17.8 Å². The van der Waals surface area contributed by atoms with Crippen LogP contribution in [0.2, 0.25) is 0 Å². The van der Waals surface area contributed by atoms with Crippen LogP contribution in [0.25, 0.3) is 5.57 Å². The van der Waals surface area contributed by atoms with Gasteiger partial charge in [-0.05, 0) is 17.7 Å². The van der Waals surface area contributed by atoms with E-state index < -0.39 is 17.9 Å². The quantitative estimate of drug-likeness (QED) is 0.497. The van der Waals surface area contributed by atoms with E-state index in [2.05, 4.69) is 6.58 Å². The summed E-state index contributed by atoms with van der Waals surface area (Å²) in [6.07, 6.45) is 2.06. The normalized spacial score (nSPS) is 19.4. The number of nitrogens with one attached hydrogen (secondary N) is 1. The van der Waals surface area contributed by atoms with Crippen molar-refractivity contribution in [2.24, 2.45) is 5.73 Å². The number of esters is 1. The average Bonchev–Trinajstić information content (AvgIpc) is 2.72. The molecular weight excluding hydrogens is 247 g/mol. The number of allylic oxidation sites excluding steroid dienone is 1. The minimum Gasteiger partial charge on any atom is -0.454 e. The molecule has 5 heteroatoms. The fraction of sp³-hybridized carbons (Fsp3) is 0.143. The van der Waals surface area contributed by atoms with Crippen molar-refractivity contribution in [2.45, 2.75) is 12.5 Å². The highest BCUT2D eigenvalue weighted by atomic mass is 19.1. The smallest absolute Gasteiger partial charge is 0.334 e. The Balaban J connectivity index is 2.49. The maximum Gasteiger partial charge on any atom is 0.334 e. The molecule has 98 valence electrons. The van der Waals surface area contributed by atoms with Crippen molar-refractivity contribution in [1.82, 2.24) is 0 Å². The van der Waals surface area contributed by atoms with Gasteiger partial charge < -0.3 is 15.9 Å². The number of benzene rings is 1. The summed E-state index contributed by atoms with van der Waals surface area (Å²) in [5.41, 5.74) is 7.30. The Kier molecular flexibility index (Phi) is 3.46. The van der Waals surface area contributed by atoms with Crippen LogP contribution < -0.4 is 5.73 Å². The van der Waals surface area contributed by atoms with Crippen molar-refractivity contribution in [2.75, 3.05) is 0 Å². The molecule has 1 aliphatic heterocycles. The molecule has 0 amide bonds. The third kappa shape index (κ3) is 2.40. The molecule has 19 heavy (non-hydrogen) atoms. The summed E-state index contributed by atoms with van der Waals surface area (Å²) in [4.78, 5) is 11.4. The van der Waals surface area contributed by atoms with Crippen molar-refractivity contribution < 1.29 is 13.9 Å². The van der Waals surface area contributed by atoms with Crippen molar-refractivity contribution in [1.29, 1.82) is 5.41 Å². The Morgan fingerprint density at radius 2 is 2.32 bits per heavy atom. The number of rotatable bonds is 3. The fourth-order valence-corrected chi connectivity index (χ4v) is 2.01. The van der Waals surface area contributed by atoms with Crippen LogP contribution in [0.15, 0.2) is 36.6 Å². The largest absolute Gasteiger partial charge is 0.454 e. The Bertz CT molecular complexity index is 577. The predicted molar refractivity (Wildman–Crippen MR) is 69.9 cm³/mol. The van der Waals surface area contributed by atoms with E-state index in [1.165, 1.54) is 24.4 Å². The van der Waals surface area contributed by atoms with Crippen LogP contribution in [-0.4, -0.2) is 12.2 Å². The number of carbonyl (C=O) groups excluding carboxylic acids is 1. The molecule has 0 bridgehead atoms. The number of cyclic esters (lactones) is 1. The molecule has 1 aromatic carbocycles. The van der Waals surface area contributed by atoms with Gasteiger partial charge in [0.05, 0.1) is 0 Å². The second-order valence-electron chi connectivity index (χ2n) is 4.20. The first-order valence-electron chi connectivity index (χ1n) is 5.67. The first-order chi connectivity index (χ1) is 9.06. The molecule has 1 aliphatic rings. The molecule has 1 fully saturated rings. The van der Waals surface area contributed by atoms with Gasteiger partial charge >= 0.3 is 5.97 Å². The SMILES string of the molecule is C=C1C[C@H](c2cc(F)ccc2/C(C=N)=C/N)OC1=O. The molecule has 0 aliphatic carbocycles. The van der Waals surface area contributed by atoms with E-state index in [0.29, 0.717) is 28.7 Å². The number of halogens is 1. The van der Waals surface area contributed by atoms with Crippen LogP contribution in [0.5, 0.6) is 0 Å². The lowest BCUT2D eigenvalue weighted by Gasteiger charge is -2.15. The van der Waals surface area contributed by atoms with E-state index >= 15 is 0 Å². The Morgan fingerprint density at radius 1 is 1.58 bits per heavy atom. The standard InChI is InChI=1S/C14H13FN2O2/c1-8-4-13(19-14(8)18)12-5-10(15)2-3-11(12)9(6-16)7-17/h2-3,5-7,13,16H,1,4,17H2/b9-7+,16-6?/t13-/m1/s1. The van der Waals surface area contributed by atoms with Crippen LogP contribution in [0.4, 0.5) is 4.39 Å². The topological polar surface area (TPSA) is 76.2 Å². The highest BCUT2D eigenvalue weighted by Gasteiger charge is 2.30. The van der Waals surface area contributed by atoms with Gasteiger partial charge in [-0.25, -0.2) is 9.18 Å². The van der Waals surface area contributed by atoms with E-state index in [4.69, 9.17) is 15.9 Å². The molecular formula is C14H13FN2O2. The van der Waals surface area contributed by atoms with Crippen LogP contribution in [0.3, 0.4) is 0 Å². The molecule has 0 spiro atoms. The van der Waals surface area contributed by atoms with Gasteiger partial charge in [-0.3, -0.25) is 0 Å². The van der Waals surface area contributed by atoms with E-state index in [1.54, 1.807) is 0 Å². The summed E-state index contributed by atoms with van der Waals surface area (Å²) in [7, 11) is 0. The average molecular weight is 260 g/mol. The first kappa shape index (κ1) is 13.0.